The second-order valence-corrected chi connectivity index (χ2v) is 9.56. The van der Waals surface area contributed by atoms with Crippen molar-refractivity contribution in [3.63, 3.8) is 0 Å². The molecule has 1 atom stereocenters. The molecular weight excluding hydrogens is 420 g/mol. The molecule has 1 aromatic carbocycles. The topological polar surface area (TPSA) is 57.5 Å². The molecule has 9 heteroatoms. The first-order chi connectivity index (χ1) is 14.6. The van der Waals surface area contributed by atoms with Crippen molar-refractivity contribution in [3.8, 4) is 5.69 Å². The quantitative estimate of drug-likeness (QED) is 0.632. The van der Waals surface area contributed by atoms with Gasteiger partial charge in [0.05, 0.1) is 10.9 Å². The Morgan fingerprint density at radius 1 is 1.13 bits per heavy atom. The Bertz CT molecular complexity index is 876. The fraction of sp³-hybridized carbons (Fsp3) is 0.571. The molecule has 2 fully saturated rings. The first-order valence-corrected chi connectivity index (χ1v) is 12.0. The number of aromatic nitrogens is 3. The van der Waals surface area contributed by atoms with Crippen LogP contribution in [0.3, 0.4) is 0 Å². The van der Waals surface area contributed by atoms with Crippen molar-refractivity contribution in [2.24, 2.45) is 0 Å². The molecule has 30 heavy (non-hydrogen) atoms. The van der Waals surface area contributed by atoms with E-state index in [1.165, 1.54) is 11.8 Å². The van der Waals surface area contributed by atoms with Gasteiger partial charge in [0, 0.05) is 44.3 Å². The number of benzene rings is 1. The molecule has 3 heterocycles. The van der Waals surface area contributed by atoms with Crippen LogP contribution in [0.15, 0.2) is 29.4 Å². The highest BCUT2D eigenvalue weighted by molar-refractivity contribution is 8.00. The number of hydrogen-bond donors (Lipinski definition) is 0. The summed E-state index contributed by atoms with van der Waals surface area (Å²) >= 11 is 7.74. The number of carbonyl (C=O) groups is 1. The van der Waals surface area contributed by atoms with Gasteiger partial charge in [-0.05, 0) is 44.5 Å². The van der Waals surface area contributed by atoms with Crippen molar-refractivity contribution < 1.29 is 4.79 Å². The van der Waals surface area contributed by atoms with E-state index in [2.05, 4.69) is 26.9 Å². The summed E-state index contributed by atoms with van der Waals surface area (Å²) < 4.78 is 2.04. The van der Waals surface area contributed by atoms with Crippen LogP contribution < -0.4 is 4.90 Å². The summed E-state index contributed by atoms with van der Waals surface area (Å²) in [4.78, 5) is 19.7. The Kier molecular flexibility index (Phi) is 6.85. The second kappa shape index (κ2) is 9.58. The van der Waals surface area contributed by atoms with Gasteiger partial charge in [0.15, 0.2) is 5.16 Å². The van der Waals surface area contributed by atoms with Gasteiger partial charge >= 0.3 is 0 Å². The number of hydrogen-bond acceptors (Lipinski definition) is 6. The Balaban J connectivity index is 1.55. The zero-order valence-corrected chi connectivity index (χ0v) is 19.2. The second-order valence-electron chi connectivity index (χ2n) is 7.81. The number of halogens is 1. The van der Waals surface area contributed by atoms with E-state index in [0.717, 1.165) is 75.4 Å². The zero-order valence-electron chi connectivity index (χ0n) is 17.6. The Morgan fingerprint density at radius 3 is 2.53 bits per heavy atom. The molecule has 2 aliphatic rings. The average molecular weight is 449 g/mol. The molecule has 1 unspecified atom stereocenters. The average Bonchev–Trinajstić information content (AvgIpc) is 3.43. The third kappa shape index (κ3) is 4.60. The summed E-state index contributed by atoms with van der Waals surface area (Å²) in [5.74, 6) is 0.993. The van der Waals surface area contributed by atoms with Crippen molar-refractivity contribution in [2.45, 2.75) is 37.1 Å². The number of thioether (sulfide) groups is 1. The molecule has 2 saturated heterocycles. The molecule has 0 N–H and O–H groups in total. The van der Waals surface area contributed by atoms with Crippen LogP contribution >= 0.6 is 23.4 Å². The van der Waals surface area contributed by atoms with Gasteiger partial charge in [0.25, 0.3) is 0 Å². The van der Waals surface area contributed by atoms with Gasteiger partial charge in [0.2, 0.25) is 11.9 Å². The Labute approximate surface area is 187 Å². The van der Waals surface area contributed by atoms with Gasteiger partial charge in [-0.1, -0.05) is 36.4 Å². The highest BCUT2D eigenvalue weighted by atomic mass is 35.5. The van der Waals surface area contributed by atoms with Crippen molar-refractivity contribution in [3.05, 3.63) is 29.3 Å². The molecule has 0 spiro atoms. The van der Waals surface area contributed by atoms with Crippen LogP contribution in [-0.2, 0) is 4.79 Å². The standard InChI is InChI=1S/C21H29ClN6OS/c1-3-25-11-13-26(14-12-25)19(29)16(2)30-21-24-23-20(27-9-4-5-10-27)28(21)18-8-6-7-17(22)15-18/h6-8,15-16H,3-5,9-14H2,1-2H3. The maximum atomic E-state index is 13.1. The normalized spacial score (nSPS) is 18.8. The van der Waals surface area contributed by atoms with E-state index in [1.54, 1.807) is 0 Å². The number of amides is 1. The van der Waals surface area contributed by atoms with E-state index in [-0.39, 0.29) is 11.2 Å². The van der Waals surface area contributed by atoms with E-state index >= 15 is 0 Å². The molecule has 7 nitrogen and oxygen atoms in total. The lowest BCUT2D eigenvalue weighted by molar-refractivity contribution is -0.132. The number of carbonyl (C=O) groups excluding carboxylic acids is 1. The van der Waals surface area contributed by atoms with Crippen LogP contribution in [0.5, 0.6) is 0 Å². The third-order valence-corrected chi connectivity index (χ3v) is 7.10. The molecule has 0 radical (unpaired) electrons. The van der Waals surface area contributed by atoms with E-state index < -0.39 is 0 Å². The molecule has 0 bridgehead atoms. The molecular formula is C21H29ClN6OS. The lowest BCUT2D eigenvalue weighted by Crippen LogP contribution is -2.50. The SMILES string of the molecule is CCN1CCN(C(=O)C(C)Sc2nnc(N3CCCC3)n2-c2cccc(Cl)c2)CC1. The predicted octanol–water partition coefficient (Wildman–Crippen LogP) is 3.17. The lowest BCUT2D eigenvalue weighted by Gasteiger charge is -2.35. The van der Waals surface area contributed by atoms with Crippen molar-refractivity contribution >= 4 is 35.2 Å². The van der Waals surface area contributed by atoms with Crippen LogP contribution in [0.1, 0.15) is 26.7 Å². The summed E-state index contributed by atoms with van der Waals surface area (Å²) in [7, 11) is 0. The maximum absolute atomic E-state index is 13.1. The summed E-state index contributed by atoms with van der Waals surface area (Å²) in [6.45, 7) is 10.6. The van der Waals surface area contributed by atoms with Gasteiger partial charge < -0.3 is 14.7 Å². The first kappa shape index (κ1) is 21.5. The molecule has 0 saturated carbocycles. The maximum Gasteiger partial charge on any atom is 0.235 e. The number of anilines is 1. The van der Waals surface area contributed by atoms with Crippen LogP contribution in [0.25, 0.3) is 5.69 Å². The smallest absolute Gasteiger partial charge is 0.235 e. The summed E-state index contributed by atoms with van der Waals surface area (Å²) in [5.41, 5.74) is 0.924. The third-order valence-electron chi connectivity index (χ3n) is 5.83. The minimum absolute atomic E-state index is 0.166. The van der Waals surface area contributed by atoms with Crippen molar-refractivity contribution in [1.29, 1.82) is 0 Å². The van der Waals surface area contributed by atoms with E-state index in [9.17, 15) is 4.79 Å². The van der Waals surface area contributed by atoms with Crippen molar-refractivity contribution in [1.82, 2.24) is 24.6 Å². The molecule has 4 rings (SSSR count). The van der Waals surface area contributed by atoms with Gasteiger partial charge in [0.1, 0.15) is 0 Å². The number of likely N-dealkylation sites (N-methyl/N-ethyl adjacent to an activating group) is 1. The van der Waals surface area contributed by atoms with Gasteiger partial charge in [-0.3, -0.25) is 9.36 Å². The van der Waals surface area contributed by atoms with E-state index in [4.69, 9.17) is 11.6 Å². The molecule has 1 aromatic heterocycles. The number of rotatable bonds is 6. The van der Waals surface area contributed by atoms with Crippen LogP contribution in [0.4, 0.5) is 5.95 Å². The predicted molar refractivity (Wildman–Crippen MR) is 122 cm³/mol. The van der Waals surface area contributed by atoms with Crippen molar-refractivity contribution in [2.75, 3.05) is 50.7 Å². The highest BCUT2D eigenvalue weighted by Crippen LogP contribution is 2.32. The summed E-state index contributed by atoms with van der Waals surface area (Å²) in [6, 6.07) is 7.72. The minimum Gasteiger partial charge on any atom is -0.341 e. The monoisotopic (exact) mass is 448 g/mol. The fourth-order valence-electron chi connectivity index (χ4n) is 4.05. The Hall–Kier alpha value is -1.77. The largest absolute Gasteiger partial charge is 0.341 e. The molecule has 0 aliphatic carbocycles. The molecule has 162 valence electrons. The fourth-order valence-corrected chi connectivity index (χ4v) is 5.18. The number of piperazine rings is 1. The number of nitrogens with zero attached hydrogens (tertiary/aromatic N) is 6. The van der Waals surface area contributed by atoms with Crippen LogP contribution in [-0.4, -0.2) is 81.5 Å². The summed E-state index contributed by atoms with van der Waals surface area (Å²) in [6.07, 6.45) is 2.31. The molecule has 2 aliphatic heterocycles. The van der Waals surface area contributed by atoms with Gasteiger partial charge in [-0.15, -0.1) is 10.2 Å². The molecule has 1 amide bonds. The minimum atomic E-state index is -0.230. The van der Waals surface area contributed by atoms with Crippen LogP contribution in [0, 0.1) is 0 Å². The Morgan fingerprint density at radius 2 is 1.87 bits per heavy atom. The van der Waals surface area contributed by atoms with Gasteiger partial charge in [-0.2, -0.15) is 0 Å². The van der Waals surface area contributed by atoms with E-state index in [0.29, 0.717) is 5.02 Å². The first-order valence-electron chi connectivity index (χ1n) is 10.7. The van der Waals surface area contributed by atoms with Crippen LogP contribution in [0.2, 0.25) is 5.02 Å². The van der Waals surface area contributed by atoms with E-state index in [1.807, 2.05) is 40.7 Å². The summed E-state index contributed by atoms with van der Waals surface area (Å²) in [5, 5.41) is 10.1. The highest BCUT2D eigenvalue weighted by Gasteiger charge is 2.28. The molecule has 2 aromatic rings. The van der Waals surface area contributed by atoms with Gasteiger partial charge in [-0.25, -0.2) is 0 Å². The lowest BCUT2D eigenvalue weighted by atomic mass is 10.3. The zero-order chi connectivity index (χ0) is 21.1.